The van der Waals surface area contributed by atoms with Crippen LogP contribution >= 0.6 is 0 Å². The molecule has 1 saturated heterocycles. The molecule has 8 nitrogen and oxygen atoms in total. The second-order valence-corrected chi connectivity index (χ2v) is 8.65. The van der Waals surface area contributed by atoms with Gasteiger partial charge in [-0.05, 0) is 36.9 Å². The molecule has 0 amide bonds. The summed E-state index contributed by atoms with van der Waals surface area (Å²) < 4.78 is 10.7. The number of methoxy groups -OCH3 is 1. The van der Waals surface area contributed by atoms with Gasteiger partial charge in [0.25, 0.3) is 0 Å². The largest absolute Gasteiger partial charge is 0.497 e. The lowest BCUT2D eigenvalue weighted by Crippen LogP contribution is -2.49. The summed E-state index contributed by atoms with van der Waals surface area (Å²) in [4.78, 5) is 11.4. The Hall–Kier alpha value is -2.78. The van der Waals surface area contributed by atoms with Gasteiger partial charge < -0.3 is 14.4 Å². The molecule has 0 spiro atoms. The third-order valence-corrected chi connectivity index (χ3v) is 5.93. The van der Waals surface area contributed by atoms with Crippen molar-refractivity contribution in [2.45, 2.75) is 19.2 Å². The number of hydrogen-bond donors (Lipinski definition) is 1. The van der Waals surface area contributed by atoms with Crippen molar-refractivity contribution in [1.82, 2.24) is 24.8 Å². The van der Waals surface area contributed by atoms with Crippen molar-refractivity contribution < 1.29 is 14.4 Å². The van der Waals surface area contributed by atoms with E-state index in [0.29, 0.717) is 31.3 Å². The first kappa shape index (κ1) is 23.4. The first-order valence-corrected chi connectivity index (χ1v) is 11.4. The van der Waals surface area contributed by atoms with Gasteiger partial charge in [0.2, 0.25) is 11.7 Å². The molecular formula is C25H33N5O3. The highest BCUT2D eigenvalue weighted by Crippen LogP contribution is 2.20. The van der Waals surface area contributed by atoms with Crippen LogP contribution in [-0.2, 0) is 13.1 Å². The van der Waals surface area contributed by atoms with Gasteiger partial charge in [-0.25, -0.2) is 0 Å². The van der Waals surface area contributed by atoms with E-state index in [1.54, 1.807) is 7.11 Å². The van der Waals surface area contributed by atoms with Crippen molar-refractivity contribution in [3.8, 4) is 17.1 Å². The number of ether oxygens (including phenoxy) is 1. The molecule has 1 N–H and O–H groups in total. The van der Waals surface area contributed by atoms with Crippen LogP contribution in [0.15, 0.2) is 59.1 Å². The van der Waals surface area contributed by atoms with Crippen LogP contribution in [0.3, 0.4) is 0 Å². The number of aliphatic hydroxyl groups is 1. The lowest BCUT2D eigenvalue weighted by Gasteiger charge is -2.35. The Kier molecular flexibility index (Phi) is 8.06. The summed E-state index contributed by atoms with van der Waals surface area (Å²) in [7, 11) is 3.70. The normalized spacial score (nSPS) is 16.2. The first-order chi connectivity index (χ1) is 16.1. The van der Waals surface area contributed by atoms with E-state index in [4.69, 9.17) is 9.26 Å². The second-order valence-electron chi connectivity index (χ2n) is 8.65. The van der Waals surface area contributed by atoms with E-state index in [2.05, 4.69) is 44.0 Å². The van der Waals surface area contributed by atoms with Gasteiger partial charge in [0.1, 0.15) is 5.75 Å². The Morgan fingerprint density at radius 3 is 2.42 bits per heavy atom. The van der Waals surface area contributed by atoms with Gasteiger partial charge in [0.05, 0.1) is 19.8 Å². The molecule has 1 fully saturated rings. The molecule has 0 bridgehead atoms. The van der Waals surface area contributed by atoms with Crippen LogP contribution in [0.1, 0.15) is 11.5 Å². The SMILES string of the molecule is COc1ccc(-c2noc(CN3CCN(CC(O)CN(C)Cc4ccccc4)CC3)n2)cc1. The van der Waals surface area contributed by atoms with Gasteiger partial charge >= 0.3 is 0 Å². The van der Waals surface area contributed by atoms with Crippen molar-refractivity contribution in [2.75, 3.05) is 53.4 Å². The minimum absolute atomic E-state index is 0.367. The number of nitrogens with zero attached hydrogens (tertiary/aromatic N) is 5. The van der Waals surface area contributed by atoms with Gasteiger partial charge in [-0.3, -0.25) is 14.7 Å². The van der Waals surface area contributed by atoms with Crippen molar-refractivity contribution in [3.05, 3.63) is 66.1 Å². The smallest absolute Gasteiger partial charge is 0.241 e. The maximum Gasteiger partial charge on any atom is 0.241 e. The van der Waals surface area contributed by atoms with E-state index in [1.807, 2.05) is 42.5 Å². The molecule has 1 aromatic heterocycles. The number of aliphatic hydroxyl groups excluding tert-OH is 1. The first-order valence-electron chi connectivity index (χ1n) is 11.4. The quantitative estimate of drug-likeness (QED) is 0.503. The predicted molar refractivity (Wildman–Crippen MR) is 127 cm³/mol. The standard InChI is InChI=1S/C25H33N5O3/c1-28(16-20-6-4-3-5-7-20)17-22(31)18-29-12-14-30(15-13-29)19-24-26-25(27-33-24)21-8-10-23(32-2)11-9-21/h3-11,22,31H,12-19H2,1-2H3. The molecule has 1 atom stereocenters. The molecule has 1 unspecified atom stereocenters. The van der Waals surface area contributed by atoms with E-state index in [-0.39, 0.29) is 6.10 Å². The van der Waals surface area contributed by atoms with Gasteiger partial charge in [-0.1, -0.05) is 35.5 Å². The maximum absolute atomic E-state index is 10.6. The van der Waals surface area contributed by atoms with Gasteiger partial charge in [0.15, 0.2) is 0 Å². The van der Waals surface area contributed by atoms with Crippen molar-refractivity contribution in [3.63, 3.8) is 0 Å². The zero-order valence-electron chi connectivity index (χ0n) is 19.4. The summed E-state index contributed by atoms with van der Waals surface area (Å²) >= 11 is 0. The van der Waals surface area contributed by atoms with Gasteiger partial charge in [-0.15, -0.1) is 0 Å². The molecule has 4 rings (SSSR count). The number of rotatable bonds is 10. The van der Waals surface area contributed by atoms with Crippen LogP contribution in [0.5, 0.6) is 5.75 Å². The highest BCUT2D eigenvalue weighted by molar-refractivity contribution is 5.55. The molecule has 0 saturated carbocycles. The maximum atomic E-state index is 10.6. The highest BCUT2D eigenvalue weighted by atomic mass is 16.5. The second kappa shape index (κ2) is 11.4. The van der Waals surface area contributed by atoms with E-state index in [9.17, 15) is 5.11 Å². The summed E-state index contributed by atoms with van der Waals surface area (Å²) in [5, 5.41) is 14.7. The Morgan fingerprint density at radius 2 is 1.73 bits per heavy atom. The Balaban J connectivity index is 1.19. The summed E-state index contributed by atoms with van der Waals surface area (Å²) in [6.07, 6.45) is -0.367. The molecule has 8 heteroatoms. The summed E-state index contributed by atoms with van der Waals surface area (Å²) in [5.41, 5.74) is 2.17. The average molecular weight is 452 g/mol. The fraction of sp³-hybridized carbons (Fsp3) is 0.440. The fourth-order valence-corrected chi connectivity index (χ4v) is 4.17. The third-order valence-electron chi connectivity index (χ3n) is 5.93. The van der Waals surface area contributed by atoms with Crippen LogP contribution in [-0.4, -0.2) is 89.5 Å². The Labute approximate surface area is 195 Å². The molecule has 33 heavy (non-hydrogen) atoms. The highest BCUT2D eigenvalue weighted by Gasteiger charge is 2.21. The number of likely N-dealkylation sites (N-methyl/N-ethyl adjacent to an activating group) is 1. The lowest BCUT2D eigenvalue weighted by molar-refractivity contribution is 0.0501. The number of benzene rings is 2. The number of β-amino-alcohol motifs (C(OH)–C–C–N with tert-alkyl or cyclic N) is 1. The van der Waals surface area contributed by atoms with E-state index < -0.39 is 0 Å². The Morgan fingerprint density at radius 1 is 1.03 bits per heavy atom. The van der Waals surface area contributed by atoms with E-state index >= 15 is 0 Å². The molecule has 3 aromatic rings. The van der Waals surface area contributed by atoms with Crippen molar-refractivity contribution >= 4 is 0 Å². The van der Waals surface area contributed by atoms with Crippen molar-refractivity contribution in [2.24, 2.45) is 0 Å². The van der Waals surface area contributed by atoms with Crippen LogP contribution in [0.4, 0.5) is 0 Å². The topological polar surface area (TPSA) is 78.1 Å². The zero-order valence-corrected chi connectivity index (χ0v) is 19.4. The number of piperazine rings is 1. The van der Waals surface area contributed by atoms with E-state index in [1.165, 1.54) is 5.56 Å². The van der Waals surface area contributed by atoms with E-state index in [0.717, 1.165) is 44.0 Å². The summed E-state index contributed by atoms with van der Waals surface area (Å²) in [6.45, 7) is 6.48. The third kappa shape index (κ3) is 6.85. The van der Waals surface area contributed by atoms with Crippen LogP contribution in [0, 0.1) is 0 Å². The minimum atomic E-state index is -0.367. The fourth-order valence-electron chi connectivity index (χ4n) is 4.17. The minimum Gasteiger partial charge on any atom is -0.497 e. The molecule has 2 aromatic carbocycles. The molecule has 0 radical (unpaired) electrons. The Bertz CT molecular complexity index is 971. The van der Waals surface area contributed by atoms with Gasteiger partial charge in [0, 0.05) is 51.4 Å². The molecule has 176 valence electrons. The lowest BCUT2D eigenvalue weighted by atomic mass is 10.2. The average Bonchev–Trinajstić information content (AvgIpc) is 3.29. The summed E-state index contributed by atoms with van der Waals surface area (Å²) in [5.74, 6) is 2.01. The molecule has 1 aliphatic rings. The predicted octanol–water partition coefficient (Wildman–Crippen LogP) is 2.36. The number of hydrogen-bond acceptors (Lipinski definition) is 8. The summed E-state index contributed by atoms with van der Waals surface area (Å²) in [6, 6.07) is 18.0. The molecular weight excluding hydrogens is 418 g/mol. The molecule has 1 aliphatic heterocycles. The van der Waals surface area contributed by atoms with Crippen LogP contribution in [0.2, 0.25) is 0 Å². The van der Waals surface area contributed by atoms with Crippen molar-refractivity contribution in [1.29, 1.82) is 0 Å². The van der Waals surface area contributed by atoms with Gasteiger partial charge in [-0.2, -0.15) is 4.98 Å². The zero-order chi connectivity index (χ0) is 23.0. The van der Waals surface area contributed by atoms with Crippen LogP contribution < -0.4 is 4.74 Å². The van der Waals surface area contributed by atoms with Crippen LogP contribution in [0.25, 0.3) is 11.4 Å². The molecule has 2 heterocycles. The number of aromatic nitrogens is 2. The monoisotopic (exact) mass is 451 g/mol. The molecule has 0 aliphatic carbocycles.